The lowest BCUT2D eigenvalue weighted by molar-refractivity contribution is -0.0663. The molecule has 6 heterocycles. The number of aliphatic hydroxyl groups excluding tert-OH is 2. The fourth-order valence-corrected chi connectivity index (χ4v) is 8.00. The fraction of sp³-hybridized carbons (Fsp3) is 0.455. The first kappa shape index (κ1) is 32.5. The van der Waals surface area contributed by atoms with E-state index in [1.807, 2.05) is 0 Å². The highest BCUT2D eigenvalue weighted by Crippen LogP contribution is 2.54. The Morgan fingerprint density at radius 2 is 1.46 bits per heavy atom. The minimum Gasteiger partial charge on any atom is -0.386 e. The van der Waals surface area contributed by atoms with E-state index in [0.29, 0.717) is 0 Å². The van der Waals surface area contributed by atoms with Crippen LogP contribution in [0.4, 0.5) is 5.82 Å². The number of anilines is 1. The van der Waals surface area contributed by atoms with Gasteiger partial charge < -0.3 is 35.2 Å². The minimum absolute atomic E-state index is 0.0443. The van der Waals surface area contributed by atoms with Gasteiger partial charge in [0.1, 0.15) is 48.5 Å². The van der Waals surface area contributed by atoms with E-state index in [0.717, 1.165) is 6.33 Å². The smallest absolute Gasteiger partial charge is 0.386 e. The summed E-state index contributed by atoms with van der Waals surface area (Å²) in [4.78, 5) is 37.5. The van der Waals surface area contributed by atoms with Crippen LogP contribution in [-0.4, -0.2) is 98.9 Å². The molecule has 10 atom stereocenters. The summed E-state index contributed by atoms with van der Waals surface area (Å²) in [5.41, 5.74) is 6.73. The SMILES string of the molecule is Nc1ncnc2c1ncn2[C@@H]1O[C@@H]2COP(=O)(O)OC3C(O)[C@H](n4c(Cl)nc5cc(Cl)c(Cl)cc54)O[C@@H]3COP(=O)(O)OC2C1O. The standard InChI is InChI=1S/C22H22Cl3N7O12P2/c23-7-1-9-10(2-8(7)24)32(22(25)30-9)21-15(34)17-12(42-21)4-40-45(35,36)43-16-11(3-39-46(37,38)44-17)41-20(14(16)33)31-6-29-13-18(26)27-5-28-19(13)31/h1-2,5-6,11-12,14-17,20-21,33-34H,3-4H2,(H,35,36)(H,37,38)(H2,26,27,28)/t11-,12-,14?,15?,16?,17?,20-,21-/m1/s1. The van der Waals surface area contributed by atoms with Crippen molar-refractivity contribution in [2.45, 2.75) is 49.1 Å². The second kappa shape index (κ2) is 11.8. The molecule has 1 aromatic carbocycles. The van der Waals surface area contributed by atoms with E-state index in [9.17, 15) is 29.1 Å². The zero-order valence-electron chi connectivity index (χ0n) is 22.7. The van der Waals surface area contributed by atoms with Crippen LogP contribution in [0.2, 0.25) is 15.3 Å². The van der Waals surface area contributed by atoms with Gasteiger partial charge in [0.05, 0.1) is 40.6 Å². The molecule has 0 amide bonds. The zero-order chi connectivity index (χ0) is 32.7. The van der Waals surface area contributed by atoms with Crippen LogP contribution in [0.3, 0.4) is 0 Å². The molecule has 0 bridgehead atoms. The quantitative estimate of drug-likeness (QED) is 0.184. The van der Waals surface area contributed by atoms with Crippen molar-refractivity contribution in [3.05, 3.63) is 40.1 Å². The van der Waals surface area contributed by atoms with Crippen LogP contribution < -0.4 is 5.73 Å². The number of hydrogen-bond donors (Lipinski definition) is 5. The van der Waals surface area contributed by atoms with Gasteiger partial charge in [0, 0.05) is 0 Å². The van der Waals surface area contributed by atoms with Crippen LogP contribution >= 0.6 is 50.4 Å². The van der Waals surface area contributed by atoms with E-state index >= 15 is 0 Å². The van der Waals surface area contributed by atoms with Gasteiger partial charge in [-0.1, -0.05) is 23.2 Å². The number of halogens is 3. The Bertz CT molecular complexity index is 1930. The maximum Gasteiger partial charge on any atom is 0.472 e. The zero-order valence-corrected chi connectivity index (χ0v) is 26.7. The van der Waals surface area contributed by atoms with E-state index in [1.54, 1.807) is 0 Å². The van der Waals surface area contributed by atoms with E-state index in [2.05, 4.69) is 19.9 Å². The van der Waals surface area contributed by atoms with E-state index in [4.69, 9.17) is 68.1 Å². The summed E-state index contributed by atoms with van der Waals surface area (Å²) in [6.07, 6.45) is -10.0. The van der Waals surface area contributed by atoms with Crippen molar-refractivity contribution in [3.63, 3.8) is 0 Å². The molecule has 0 radical (unpaired) electrons. The van der Waals surface area contributed by atoms with Crippen molar-refractivity contribution < 1.29 is 56.7 Å². The number of phosphoric ester groups is 2. The van der Waals surface area contributed by atoms with Crippen LogP contribution in [0.1, 0.15) is 12.5 Å². The van der Waals surface area contributed by atoms with Gasteiger partial charge >= 0.3 is 15.6 Å². The Morgan fingerprint density at radius 3 is 2.11 bits per heavy atom. The molecule has 4 aromatic rings. The van der Waals surface area contributed by atoms with Crippen molar-refractivity contribution in [1.82, 2.24) is 29.1 Å². The maximum absolute atomic E-state index is 13.1. The van der Waals surface area contributed by atoms with E-state index in [1.165, 1.54) is 27.6 Å². The molecule has 24 heteroatoms. The average molecular weight is 745 g/mol. The van der Waals surface area contributed by atoms with Crippen molar-refractivity contribution in [2.24, 2.45) is 0 Å². The number of rotatable bonds is 2. The third-order valence-corrected chi connectivity index (χ3v) is 10.5. The summed E-state index contributed by atoms with van der Waals surface area (Å²) in [5.74, 6) is 0.0443. The third-order valence-electron chi connectivity index (χ3n) is 7.54. The van der Waals surface area contributed by atoms with E-state index in [-0.39, 0.29) is 43.3 Å². The van der Waals surface area contributed by atoms with Crippen LogP contribution in [0.15, 0.2) is 24.8 Å². The number of fused-ring (bicyclic) bond motifs is 4. The summed E-state index contributed by atoms with van der Waals surface area (Å²) in [6.45, 7) is -1.62. The number of benzene rings is 1. The number of hydrogen-bond acceptors (Lipinski definition) is 15. The second-order valence-corrected chi connectivity index (χ2v) is 14.3. The largest absolute Gasteiger partial charge is 0.472 e. The number of phosphoric acid groups is 2. The van der Waals surface area contributed by atoms with Crippen LogP contribution in [0, 0.1) is 0 Å². The van der Waals surface area contributed by atoms with Crippen molar-refractivity contribution in [2.75, 3.05) is 18.9 Å². The predicted molar refractivity (Wildman–Crippen MR) is 156 cm³/mol. The number of ether oxygens (including phenoxy) is 2. The highest BCUT2D eigenvalue weighted by Gasteiger charge is 2.54. The Kier molecular flexibility index (Phi) is 8.37. The lowest BCUT2D eigenvalue weighted by atomic mass is 10.1. The number of imidazole rings is 2. The highest BCUT2D eigenvalue weighted by atomic mass is 35.5. The number of aromatic nitrogens is 6. The summed E-state index contributed by atoms with van der Waals surface area (Å²) in [5, 5.41) is 22.5. The third kappa shape index (κ3) is 5.72. The Labute approximate surface area is 271 Å². The molecule has 6 unspecified atom stereocenters. The van der Waals surface area contributed by atoms with E-state index < -0.39 is 77.9 Å². The van der Waals surface area contributed by atoms with Crippen LogP contribution in [0.25, 0.3) is 22.2 Å². The van der Waals surface area contributed by atoms with Gasteiger partial charge in [-0.3, -0.25) is 27.2 Å². The Hall–Kier alpha value is -2.03. The molecule has 3 saturated heterocycles. The first-order valence-electron chi connectivity index (χ1n) is 13.2. The molecule has 3 aliphatic heterocycles. The van der Waals surface area contributed by atoms with Gasteiger partial charge in [0.2, 0.25) is 5.28 Å². The number of nitrogens with zero attached hydrogens (tertiary/aromatic N) is 6. The maximum atomic E-state index is 13.1. The molecule has 0 spiro atoms. The molecule has 3 fully saturated rings. The molecule has 0 saturated carbocycles. The topological polar surface area (TPSA) is 258 Å². The number of nitrogens with two attached hydrogens (primary N) is 1. The van der Waals surface area contributed by atoms with Crippen molar-refractivity contribution in [3.8, 4) is 0 Å². The molecule has 0 aliphatic carbocycles. The summed E-state index contributed by atoms with van der Waals surface area (Å²) in [7, 11) is -10.1. The van der Waals surface area contributed by atoms with Gasteiger partial charge in [-0.2, -0.15) is 0 Å². The lowest BCUT2D eigenvalue weighted by Gasteiger charge is -2.27. The minimum atomic E-state index is -5.05. The van der Waals surface area contributed by atoms with Gasteiger partial charge in [0.25, 0.3) is 0 Å². The van der Waals surface area contributed by atoms with Gasteiger partial charge in [-0.15, -0.1) is 0 Å². The molecule has 19 nitrogen and oxygen atoms in total. The molecular formula is C22H22Cl3N7O12P2. The lowest BCUT2D eigenvalue weighted by Crippen LogP contribution is -2.39. The van der Waals surface area contributed by atoms with Gasteiger partial charge in [0.15, 0.2) is 23.9 Å². The summed E-state index contributed by atoms with van der Waals surface area (Å²) in [6, 6.07) is 2.84. The van der Waals surface area contributed by atoms with Gasteiger partial charge in [-0.25, -0.2) is 29.1 Å². The second-order valence-electron chi connectivity index (χ2n) is 10.4. The van der Waals surface area contributed by atoms with Crippen molar-refractivity contribution >= 4 is 78.5 Å². The van der Waals surface area contributed by atoms with Gasteiger partial charge in [-0.05, 0) is 23.7 Å². The molecule has 248 valence electrons. The molecular weight excluding hydrogens is 723 g/mol. The molecule has 3 aromatic heterocycles. The number of aliphatic hydroxyl groups is 2. The average Bonchev–Trinajstić information content (AvgIpc) is 3.71. The fourth-order valence-electron chi connectivity index (χ4n) is 5.47. The first-order valence-corrected chi connectivity index (χ1v) is 17.3. The summed E-state index contributed by atoms with van der Waals surface area (Å²) >= 11 is 18.6. The van der Waals surface area contributed by atoms with Crippen LogP contribution in [0.5, 0.6) is 0 Å². The monoisotopic (exact) mass is 743 g/mol. The number of nitrogen functional groups attached to an aromatic ring is 1. The highest BCUT2D eigenvalue weighted by molar-refractivity contribution is 7.47. The molecule has 3 aliphatic rings. The first-order chi connectivity index (χ1) is 21.7. The summed E-state index contributed by atoms with van der Waals surface area (Å²) < 4.78 is 61.4. The Morgan fingerprint density at radius 1 is 0.870 bits per heavy atom. The molecule has 7 rings (SSSR count). The Balaban J connectivity index is 1.18. The van der Waals surface area contributed by atoms with Crippen LogP contribution in [-0.2, 0) is 36.7 Å². The molecule has 6 N–H and O–H groups in total. The molecule has 46 heavy (non-hydrogen) atoms. The normalized spacial score (nSPS) is 37.2. The van der Waals surface area contributed by atoms with Crippen molar-refractivity contribution in [1.29, 1.82) is 0 Å². The predicted octanol–water partition coefficient (Wildman–Crippen LogP) is 1.95.